The van der Waals surface area contributed by atoms with Gasteiger partial charge in [-0.15, -0.1) is 0 Å². The van der Waals surface area contributed by atoms with Crippen LogP contribution in [0.5, 0.6) is 0 Å². The van der Waals surface area contributed by atoms with E-state index in [1.54, 1.807) is 19.9 Å². The molecule has 84 valence electrons. The summed E-state index contributed by atoms with van der Waals surface area (Å²) in [6.45, 7) is 4.39. The Kier molecular flexibility index (Phi) is 3.08. The molecular weight excluding hydrogens is 220 g/mol. The summed E-state index contributed by atoms with van der Waals surface area (Å²) in [4.78, 5) is 0. The first-order chi connectivity index (χ1) is 6.62. The molecule has 0 aliphatic heterocycles. The number of halogens is 3. The average Bonchev–Trinajstić information content (AvgIpc) is 1.99. The SMILES string of the molecule is CC(C)(N)c1ccc(C(C)(F)F)cc1Cl. The highest BCUT2D eigenvalue weighted by atomic mass is 35.5. The van der Waals surface area contributed by atoms with Crippen molar-refractivity contribution in [3.05, 3.63) is 34.3 Å². The summed E-state index contributed by atoms with van der Waals surface area (Å²) in [5, 5.41) is 0.279. The topological polar surface area (TPSA) is 26.0 Å². The Labute approximate surface area is 93.2 Å². The van der Waals surface area contributed by atoms with Crippen molar-refractivity contribution in [1.82, 2.24) is 0 Å². The highest BCUT2D eigenvalue weighted by Crippen LogP contribution is 2.33. The maximum Gasteiger partial charge on any atom is 0.270 e. The van der Waals surface area contributed by atoms with Gasteiger partial charge >= 0.3 is 0 Å². The van der Waals surface area contributed by atoms with Crippen molar-refractivity contribution in [2.24, 2.45) is 5.73 Å². The number of hydrogen-bond acceptors (Lipinski definition) is 1. The lowest BCUT2D eigenvalue weighted by molar-refractivity contribution is 0.0174. The Bertz CT molecular complexity index is 364. The van der Waals surface area contributed by atoms with E-state index >= 15 is 0 Å². The van der Waals surface area contributed by atoms with Crippen LogP contribution in [0.15, 0.2) is 18.2 Å². The van der Waals surface area contributed by atoms with Crippen molar-refractivity contribution in [2.75, 3.05) is 0 Å². The van der Waals surface area contributed by atoms with E-state index in [9.17, 15) is 8.78 Å². The van der Waals surface area contributed by atoms with E-state index < -0.39 is 11.5 Å². The molecule has 4 heteroatoms. The second kappa shape index (κ2) is 3.72. The molecule has 1 aromatic rings. The molecule has 0 spiro atoms. The van der Waals surface area contributed by atoms with Crippen LogP contribution in [0, 0.1) is 0 Å². The van der Waals surface area contributed by atoms with Gasteiger partial charge in [0, 0.05) is 23.0 Å². The predicted molar refractivity (Wildman–Crippen MR) is 58.2 cm³/mol. The normalized spacial score (nSPS) is 13.0. The van der Waals surface area contributed by atoms with Gasteiger partial charge in [-0.2, -0.15) is 0 Å². The molecule has 15 heavy (non-hydrogen) atoms. The molecule has 0 heterocycles. The molecule has 0 bridgehead atoms. The highest BCUT2D eigenvalue weighted by molar-refractivity contribution is 6.31. The Balaban J connectivity index is 3.21. The van der Waals surface area contributed by atoms with Crippen LogP contribution in [0.1, 0.15) is 31.9 Å². The first-order valence-corrected chi connectivity index (χ1v) is 4.97. The van der Waals surface area contributed by atoms with E-state index in [4.69, 9.17) is 17.3 Å². The van der Waals surface area contributed by atoms with Crippen molar-refractivity contribution < 1.29 is 8.78 Å². The van der Waals surface area contributed by atoms with E-state index in [-0.39, 0.29) is 10.6 Å². The van der Waals surface area contributed by atoms with Crippen LogP contribution < -0.4 is 5.73 Å². The molecule has 0 amide bonds. The van der Waals surface area contributed by atoms with Gasteiger partial charge in [-0.1, -0.05) is 23.7 Å². The summed E-state index contributed by atoms with van der Waals surface area (Å²) in [5.74, 6) is -2.87. The Morgan fingerprint density at radius 1 is 1.20 bits per heavy atom. The van der Waals surface area contributed by atoms with Gasteiger partial charge in [0.25, 0.3) is 5.92 Å². The third kappa shape index (κ3) is 2.89. The first-order valence-electron chi connectivity index (χ1n) is 4.59. The molecule has 0 radical (unpaired) electrons. The lowest BCUT2D eigenvalue weighted by atomic mass is 9.94. The molecule has 1 aromatic carbocycles. The predicted octanol–water partition coefficient (Wildman–Crippen LogP) is 3.65. The van der Waals surface area contributed by atoms with Crippen molar-refractivity contribution in [1.29, 1.82) is 0 Å². The summed E-state index contributed by atoms with van der Waals surface area (Å²) in [5.41, 5.74) is 5.79. The minimum absolute atomic E-state index is 0.0968. The Morgan fingerprint density at radius 2 is 1.73 bits per heavy atom. The zero-order chi connectivity index (χ0) is 11.9. The monoisotopic (exact) mass is 233 g/mol. The number of hydrogen-bond donors (Lipinski definition) is 1. The molecule has 0 unspecified atom stereocenters. The van der Waals surface area contributed by atoms with Crippen molar-refractivity contribution in [3.63, 3.8) is 0 Å². The summed E-state index contributed by atoms with van der Waals surface area (Å²) >= 11 is 5.91. The lowest BCUT2D eigenvalue weighted by Crippen LogP contribution is -2.29. The second-order valence-corrected chi connectivity index (χ2v) is 4.71. The van der Waals surface area contributed by atoms with E-state index in [0.717, 1.165) is 6.92 Å². The van der Waals surface area contributed by atoms with Gasteiger partial charge in [-0.05, 0) is 25.5 Å². The third-order valence-electron chi connectivity index (χ3n) is 2.17. The molecule has 0 aliphatic carbocycles. The molecule has 0 saturated carbocycles. The standard InChI is InChI=1S/C11H14ClF2N/c1-10(2,15)8-5-4-7(6-9(8)12)11(3,13)14/h4-6H,15H2,1-3H3. The minimum atomic E-state index is -2.87. The van der Waals surface area contributed by atoms with Crippen molar-refractivity contribution in [3.8, 4) is 0 Å². The fraction of sp³-hybridized carbons (Fsp3) is 0.455. The largest absolute Gasteiger partial charge is 0.322 e. The molecule has 0 fully saturated rings. The molecular formula is C11H14ClF2N. The van der Waals surface area contributed by atoms with Gasteiger partial charge < -0.3 is 5.73 Å². The smallest absolute Gasteiger partial charge is 0.270 e. The van der Waals surface area contributed by atoms with Crippen LogP contribution in [0.25, 0.3) is 0 Å². The quantitative estimate of drug-likeness (QED) is 0.829. The first kappa shape index (κ1) is 12.4. The molecule has 0 aromatic heterocycles. The summed E-state index contributed by atoms with van der Waals surface area (Å²) in [6.07, 6.45) is 0. The van der Waals surface area contributed by atoms with Crippen LogP contribution in [-0.2, 0) is 11.5 Å². The third-order valence-corrected chi connectivity index (χ3v) is 2.48. The van der Waals surface area contributed by atoms with Crippen LogP contribution >= 0.6 is 11.6 Å². The van der Waals surface area contributed by atoms with Crippen LogP contribution in [0.3, 0.4) is 0 Å². The Hall–Kier alpha value is -0.670. The molecule has 0 atom stereocenters. The molecule has 2 N–H and O–H groups in total. The van der Waals surface area contributed by atoms with Crippen molar-refractivity contribution >= 4 is 11.6 Å². The lowest BCUT2D eigenvalue weighted by Gasteiger charge is -2.22. The number of nitrogens with two attached hydrogens (primary N) is 1. The fourth-order valence-electron chi connectivity index (χ4n) is 1.31. The van der Waals surface area contributed by atoms with E-state index in [2.05, 4.69) is 0 Å². The van der Waals surface area contributed by atoms with E-state index in [1.165, 1.54) is 12.1 Å². The summed E-state index contributed by atoms with van der Waals surface area (Å²) in [6, 6.07) is 4.18. The number of rotatable bonds is 2. The molecule has 1 rings (SSSR count). The minimum Gasteiger partial charge on any atom is -0.322 e. The number of benzene rings is 1. The van der Waals surface area contributed by atoms with Crippen LogP contribution in [0.4, 0.5) is 8.78 Å². The van der Waals surface area contributed by atoms with Gasteiger partial charge in [0.1, 0.15) is 0 Å². The maximum absolute atomic E-state index is 13.0. The zero-order valence-corrected chi connectivity index (χ0v) is 9.70. The van der Waals surface area contributed by atoms with Gasteiger partial charge in [0.2, 0.25) is 0 Å². The van der Waals surface area contributed by atoms with Gasteiger partial charge in [-0.25, -0.2) is 8.78 Å². The second-order valence-electron chi connectivity index (χ2n) is 4.30. The zero-order valence-electron chi connectivity index (χ0n) is 8.94. The van der Waals surface area contributed by atoms with E-state index in [0.29, 0.717) is 5.56 Å². The van der Waals surface area contributed by atoms with Crippen LogP contribution in [0.2, 0.25) is 5.02 Å². The highest BCUT2D eigenvalue weighted by Gasteiger charge is 2.26. The summed E-state index contributed by atoms with van der Waals surface area (Å²) < 4.78 is 25.9. The summed E-state index contributed by atoms with van der Waals surface area (Å²) in [7, 11) is 0. The fourth-order valence-corrected chi connectivity index (χ4v) is 1.73. The molecule has 1 nitrogen and oxygen atoms in total. The maximum atomic E-state index is 13.0. The van der Waals surface area contributed by atoms with Gasteiger partial charge in [0.15, 0.2) is 0 Å². The molecule has 0 saturated heterocycles. The van der Waals surface area contributed by atoms with Crippen LogP contribution in [-0.4, -0.2) is 0 Å². The van der Waals surface area contributed by atoms with E-state index in [1.807, 2.05) is 0 Å². The Morgan fingerprint density at radius 3 is 2.07 bits per heavy atom. The van der Waals surface area contributed by atoms with Crippen molar-refractivity contribution in [2.45, 2.75) is 32.2 Å². The van der Waals surface area contributed by atoms with Gasteiger partial charge in [0.05, 0.1) is 0 Å². The van der Waals surface area contributed by atoms with Gasteiger partial charge in [-0.3, -0.25) is 0 Å². The number of alkyl halides is 2. The average molecular weight is 234 g/mol. The molecule has 0 aliphatic rings.